The first-order valence-corrected chi connectivity index (χ1v) is 6.82. The zero-order valence-electron chi connectivity index (χ0n) is 8.47. The molecule has 1 aromatic carbocycles. The molecule has 80 valence electrons. The van der Waals surface area contributed by atoms with Crippen molar-refractivity contribution in [1.82, 2.24) is 0 Å². The zero-order chi connectivity index (χ0) is 11.0. The van der Waals surface area contributed by atoms with Gasteiger partial charge in [-0.2, -0.15) is 0 Å². The number of hydrogen-bond donors (Lipinski definition) is 0. The SMILES string of the molecule is O=C1CCSN=C1c1cc2ccccc2s1. The van der Waals surface area contributed by atoms with Crippen molar-refractivity contribution in [3.63, 3.8) is 0 Å². The highest BCUT2D eigenvalue weighted by Crippen LogP contribution is 2.28. The predicted molar refractivity (Wildman–Crippen MR) is 70.4 cm³/mol. The fourth-order valence-electron chi connectivity index (χ4n) is 1.70. The van der Waals surface area contributed by atoms with Crippen LogP contribution in [0.25, 0.3) is 10.1 Å². The molecule has 0 unspecified atom stereocenters. The van der Waals surface area contributed by atoms with Crippen LogP contribution < -0.4 is 0 Å². The smallest absolute Gasteiger partial charge is 0.184 e. The second-order valence-corrected chi connectivity index (χ2v) is 5.53. The van der Waals surface area contributed by atoms with E-state index in [9.17, 15) is 4.79 Å². The Morgan fingerprint density at radius 2 is 2.12 bits per heavy atom. The lowest BCUT2D eigenvalue weighted by Gasteiger charge is -2.06. The van der Waals surface area contributed by atoms with E-state index in [2.05, 4.69) is 22.6 Å². The van der Waals surface area contributed by atoms with Crippen LogP contribution in [-0.2, 0) is 4.79 Å². The summed E-state index contributed by atoms with van der Waals surface area (Å²) in [7, 11) is 0. The van der Waals surface area contributed by atoms with Crippen molar-refractivity contribution in [2.24, 2.45) is 4.40 Å². The Bertz CT molecular complexity index is 552. The lowest BCUT2D eigenvalue weighted by Crippen LogP contribution is -2.17. The van der Waals surface area contributed by atoms with Gasteiger partial charge in [-0.15, -0.1) is 11.3 Å². The molecule has 16 heavy (non-hydrogen) atoms. The Labute approximate surface area is 102 Å². The molecule has 1 aromatic heterocycles. The molecule has 0 atom stereocenters. The molecule has 0 radical (unpaired) electrons. The van der Waals surface area contributed by atoms with Crippen LogP contribution in [0.5, 0.6) is 0 Å². The van der Waals surface area contributed by atoms with Crippen LogP contribution in [0.3, 0.4) is 0 Å². The van der Waals surface area contributed by atoms with E-state index in [1.807, 2.05) is 12.1 Å². The van der Waals surface area contributed by atoms with Crippen molar-refractivity contribution in [3.05, 3.63) is 35.2 Å². The molecule has 0 amide bonds. The molecule has 0 fully saturated rings. The quantitative estimate of drug-likeness (QED) is 0.723. The van der Waals surface area contributed by atoms with Crippen LogP contribution in [0.15, 0.2) is 34.7 Å². The number of carbonyl (C=O) groups excluding carboxylic acids is 1. The minimum absolute atomic E-state index is 0.172. The number of ketones is 1. The summed E-state index contributed by atoms with van der Waals surface area (Å²) < 4.78 is 5.48. The number of thiophene rings is 1. The van der Waals surface area contributed by atoms with Gasteiger partial charge in [-0.25, -0.2) is 4.40 Å². The fourth-order valence-corrected chi connectivity index (χ4v) is 3.52. The second-order valence-electron chi connectivity index (χ2n) is 3.59. The first-order chi connectivity index (χ1) is 7.84. The van der Waals surface area contributed by atoms with Crippen molar-refractivity contribution in [2.45, 2.75) is 6.42 Å². The van der Waals surface area contributed by atoms with E-state index < -0.39 is 0 Å². The van der Waals surface area contributed by atoms with Gasteiger partial charge in [0, 0.05) is 16.9 Å². The molecule has 0 aliphatic carbocycles. The fraction of sp³-hybridized carbons (Fsp3) is 0.167. The molecule has 2 aromatic rings. The maximum absolute atomic E-state index is 11.7. The summed E-state index contributed by atoms with van der Waals surface area (Å²) in [6, 6.07) is 10.2. The van der Waals surface area contributed by atoms with Gasteiger partial charge in [0.1, 0.15) is 5.71 Å². The maximum Gasteiger partial charge on any atom is 0.184 e. The van der Waals surface area contributed by atoms with Gasteiger partial charge >= 0.3 is 0 Å². The number of rotatable bonds is 1. The molecule has 2 nitrogen and oxygen atoms in total. The summed E-state index contributed by atoms with van der Waals surface area (Å²) in [6.45, 7) is 0. The number of Topliss-reactive ketones (excluding diaryl/α,β-unsaturated/α-hetero) is 1. The van der Waals surface area contributed by atoms with E-state index in [1.165, 1.54) is 22.0 Å². The number of nitrogens with zero attached hydrogens (tertiary/aromatic N) is 1. The Morgan fingerprint density at radius 1 is 1.25 bits per heavy atom. The predicted octanol–water partition coefficient (Wildman–Crippen LogP) is 3.31. The van der Waals surface area contributed by atoms with E-state index >= 15 is 0 Å². The Morgan fingerprint density at radius 3 is 2.94 bits per heavy atom. The Balaban J connectivity index is 2.12. The largest absolute Gasteiger partial charge is 0.292 e. The molecule has 3 rings (SSSR count). The summed E-state index contributed by atoms with van der Waals surface area (Å²) >= 11 is 3.13. The summed E-state index contributed by atoms with van der Waals surface area (Å²) in [6.07, 6.45) is 0.609. The van der Waals surface area contributed by atoms with Crippen molar-refractivity contribution in [1.29, 1.82) is 0 Å². The molecule has 0 saturated carbocycles. The van der Waals surface area contributed by atoms with Crippen LogP contribution in [0.1, 0.15) is 11.3 Å². The van der Waals surface area contributed by atoms with Gasteiger partial charge in [-0.05, 0) is 29.5 Å². The topological polar surface area (TPSA) is 29.4 Å². The van der Waals surface area contributed by atoms with Crippen molar-refractivity contribution >= 4 is 44.9 Å². The Kier molecular flexibility index (Phi) is 2.53. The minimum Gasteiger partial charge on any atom is -0.292 e. The van der Waals surface area contributed by atoms with Crippen molar-refractivity contribution in [2.75, 3.05) is 5.75 Å². The number of hydrogen-bond acceptors (Lipinski definition) is 4. The monoisotopic (exact) mass is 247 g/mol. The first kappa shape index (κ1) is 10.1. The Hall–Kier alpha value is -1.13. The standard InChI is InChI=1S/C12H9NOS2/c14-9-5-6-15-13-12(9)11-7-8-3-1-2-4-10(8)16-11/h1-4,7H,5-6H2. The molecular formula is C12H9NOS2. The third kappa shape index (κ3) is 1.68. The summed E-state index contributed by atoms with van der Waals surface area (Å²) in [4.78, 5) is 12.7. The second kappa shape index (κ2) is 4.03. The van der Waals surface area contributed by atoms with E-state index in [-0.39, 0.29) is 5.78 Å². The van der Waals surface area contributed by atoms with E-state index in [0.29, 0.717) is 12.1 Å². The highest BCUT2D eigenvalue weighted by Gasteiger charge is 2.19. The van der Waals surface area contributed by atoms with E-state index in [1.54, 1.807) is 11.3 Å². The summed E-state index contributed by atoms with van der Waals surface area (Å²) in [5.74, 6) is 0.984. The van der Waals surface area contributed by atoms with Gasteiger partial charge in [0.2, 0.25) is 0 Å². The summed E-state index contributed by atoms with van der Waals surface area (Å²) in [5, 5.41) is 1.19. The third-order valence-electron chi connectivity index (χ3n) is 2.50. The van der Waals surface area contributed by atoms with Gasteiger partial charge in [-0.1, -0.05) is 18.2 Å². The third-order valence-corrected chi connectivity index (χ3v) is 4.32. The van der Waals surface area contributed by atoms with Gasteiger partial charge in [0.15, 0.2) is 5.78 Å². The van der Waals surface area contributed by atoms with Crippen LogP contribution in [0.4, 0.5) is 0 Å². The van der Waals surface area contributed by atoms with E-state index in [4.69, 9.17) is 0 Å². The van der Waals surface area contributed by atoms with Gasteiger partial charge in [-0.3, -0.25) is 4.79 Å². The van der Waals surface area contributed by atoms with Crippen molar-refractivity contribution in [3.8, 4) is 0 Å². The molecular weight excluding hydrogens is 238 g/mol. The van der Waals surface area contributed by atoms with Gasteiger partial charge in [0.25, 0.3) is 0 Å². The number of fused-ring (bicyclic) bond motifs is 1. The number of benzene rings is 1. The molecule has 0 spiro atoms. The number of carbonyl (C=O) groups is 1. The minimum atomic E-state index is 0.172. The summed E-state index contributed by atoms with van der Waals surface area (Å²) in [5.41, 5.74) is 0.650. The van der Waals surface area contributed by atoms with Crippen LogP contribution in [0.2, 0.25) is 0 Å². The van der Waals surface area contributed by atoms with Crippen LogP contribution in [0, 0.1) is 0 Å². The molecule has 1 aliphatic rings. The average Bonchev–Trinajstić information content (AvgIpc) is 2.73. The maximum atomic E-state index is 11.7. The lowest BCUT2D eigenvalue weighted by atomic mass is 10.1. The van der Waals surface area contributed by atoms with Crippen LogP contribution in [-0.4, -0.2) is 17.2 Å². The zero-order valence-corrected chi connectivity index (χ0v) is 10.1. The molecule has 4 heteroatoms. The van der Waals surface area contributed by atoms with E-state index in [0.717, 1.165) is 10.6 Å². The average molecular weight is 247 g/mol. The highest BCUT2D eigenvalue weighted by atomic mass is 32.2. The van der Waals surface area contributed by atoms with Gasteiger partial charge in [0.05, 0.1) is 4.88 Å². The first-order valence-electron chi connectivity index (χ1n) is 5.07. The molecule has 0 saturated heterocycles. The molecule has 2 heterocycles. The van der Waals surface area contributed by atoms with Crippen LogP contribution >= 0.6 is 23.3 Å². The highest BCUT2D eigenvalue weighted by molar-refractivity contribution is 7.98. The normalized spacial score (nSPS) is 16.5. The lowest BCUT2D eigenvalue weighted by molar-refractivity contribution is -0.112. The van der Waals surface area contributed by atoms with Gasteiger partial charge < -0.3 is 0 Å². The van der Waals surface area contributed by atoms with Crippen molar-refractivity contribution < 1.29 is 4.79 Å². The molecule has 1 aliphatic heterocycles. The molecule has 0 bridgehead atoms. The molecule has 0 N–H and O–H groups in total.